The van der Waals surface area contributed by atoms with Crippen molar-refractivity contribution in [1.29, 1.82) is 0 Å². The molecule has 130 valence electrons. The van der Waals surface area contributed by atoms with Gasteiger partial charge in [-0.25, -0.2) is 4.99 Å². The van der Waals surface area contributed by atoms with Gasteiger partial charge in [0.05, 0.1) is 20.3 Å². The quantitative estimate of drug-likeness (QED) is 0.412. The molecule has 0 heterocycles. The molecule has 1 aromatic carbocycles. The van der Waals surface area contributed by atoms with Crippen LogP contribution in [0.1, 0.15) is 12.5 Å². The highest BCUT2D eigenvalue weighted by molar-refractivity contribution is 5.79. The number of aliphatic imine (C=N–C) groups is 1. The number of guanidine groups is 1. The zero-order chi connectivity index (χ0) is 17.1. The second kappa shape index (κ2) is 10.6. The molecule has 0 aliphatic heterocycles. The van der Waals surface area contributed by atoms with E-state index in [0.717, 1.165) is 5.56 Å². The largest absolute Gasteiger partial charge is 0.493 e. The summed E-state index contributed by atoms with van der Waals surface area (Å²) in [7, 11) is 3.02. The van der Waals surface area contributed by atoms with E-state index in [2.05, 4.69) is 20.4 Å². The number of ether oxygens (including phenoxy) is 3. The van der Waals surface area contributed by atoms with Crippen LogP contribution in [0.5, 0.6) is 11.5 Å². The van der Waals surface area contributed by atoms with Crippen LogP contribution in [0.3, 0.4) is 0 Å². The number of nitrogens with zero attached hydrogens (tertiary/aromatic N) is 1. The maximum Gasteiger partial charge on any atom is 0.387 e. The Balaban J connectivity index is 2.78. The minimum Gasteiger partial charge on any atom is -0.493 e. The van der Waals surface area contributed by atoms with E-state index < -0.39 is 6.61 Å². The van der Waals surface area contributed by atoms with Gasteiger partial charge >= 0.3 is 6.61 Å². The fourth-order valence-electron chi connectivity index (χ4n) is 1.79. The number of hydrogen-bond acceptors (Lipinski definition) is 4. The van der Waals surface area contributed by atoms with Crippen molar-refractivity contribution in [2.45, 2.75) is 20.1 Å². The Hall–Kier alpha value is -2.09. The normalized spacial score (nSPS) is 11.5. The van der Waals surface area contributed by atoms with Crippen molar-refractivity contribution in [3.8, 4) is 11.5 Å². The molecule has 0 saturated heterocycles. The van der Waals surface area contributed by atoms with E-state index in [1.165, 1.54) is 13.2 Å². The summed E-state index contributed by atoms with van der Waals surface area (Å²) in [5, 5.41) is 6.19. The van der Waals surface area contributed by atoms with Crippen LogP contribution in [-0.4, -0.2) is 46.5 Å². The molecule has 0 atom stereocenters. The SMILES string of the molecule is CCNC(=NCc1ccc(OC)c(OC(F)F)c1)NCCOC. The van der Waals surface area contributed by atoms with Crippen LogP contribution in [0.2, 0.25) is 0 Å². The number of nitrogens with one attached hydrogen (secondary N) is 2. The van der Waals surface area contributed by atoms with Gasteiger partial charge in [-0.05, 0) is 24.6 Å². The molecule has 0 unspecified atom stereocenters. The summed E-state index contributed by atoms with van der Waals surface area (Å²) in [5.74, 6) is 0.868. The molecule has 6 nitrogen and oxygen atoms in total. The molecular weight excluding hydrogens is 308 g/mol. The van der Waals surface area contributed by atoms with Gasteiger partial charge in [0.2, 0.25) is 0 Å². The summed E-state index contributed by atoms with van der Waals surface area (Å²) in [5.41, 5.74) is 0.727. The number of rotatable bonds is 9. The van der Waals surface area contributed by atoms with Gasteiger partial charge in [0.25, 0.3) is 0 Å². The Morgan fingerprint density at radius 3 is 2.61 bits per heavy atom. The Morgan fingerprint density at radius 2 is 2.00 bits per heavy atom. The van der Waals surface area contributed by atoms with Gasteiger partial charge in [-0.2, -0.15) is 8.78 Å². The molecule has 0 fully saturated rings. The smallest absolute Gasteiger partial charge is 0.387 e. The summed E-state index contributed by atoms with van der Waals surface area (Å²) in [6.45, 7) is 1.24. The van der Waals surface area contributed by atoms with E-state index in [9.17, 15) is 8.78 Å². The standard InChI is InChI=1S/C15H23F2N3O3/c1-4-18-15(19-7-8-21-2)20-10-11-5-6-12(22-3)13(9-11)23-14(16)17/h5-6,9,14H,4,7-8,10H2,1-3H3,(H2,18,19,20). The third kappa shape index (κ3) is 7.14. The topological polar surface area (TPSA) is 64.1 Å². The maximum absolute atomic E-state index is 12.4. The lowest BCUT2D eigenvalue weighted by Crippen LogP contribution is -2.38. The minimum atomic E-state index is -2.91. The number of alkyl halides is 2. The van der Waals surface area contributed by atoms with Gasteiger partial charge in [0.1, 0.15) is 0 Å². The maximum atomic E-state index is 12.4. The zero-order valence-electron chi connectivity index (χ0n) is 13.6. The van der Waals surface area contributed by atoms with Crippen molar-refractivity contribution < 1.29 is 23.0 Å². The first-order valence-electron chi connectivity index (χ1n) is 7.23. The number of hydrogen-bond donors (Lipinski definition) is 2. The van der Waals surface area contributed by atoms with Crippen LogP contribution in [-0.2, 0) is 11.3 Å². The summed E-state index contributed by atoms with van der Waals surface area (Å²) in [4.78, 5) is 4.39. The molecular formula is C15H23F2N3O3. The fourth-order valence-corrected chi connectivity index (χ4v) is 1.79. The molecule has 0 amide bonds. The molecule has 1 aromatic rings. The molecule has 0 saturated carbocycles. The molecule has 0 radical (unpaired) electrons. The van der Waals surface area contributed by atoms with Gasteiger partial charge in [-0.15, -0.1) is 0 Å². The van der Waals surface area contributed by atoms with Crippen LogP contribution in [0.25, 0.3) is 0 Å². The molecule has 0 aliphatic carbocycles. The lowest BCUT2D eigenvalue weighted by Gasteiger charge is -2.12. The second-order valence-electron chi connectivity index (χ2n) is 4.48. The molecule has 1 rings (SSSR count). The monoisotopic (exact) mass is 331 g/mol. The highest BCUT2D eigenvalue weighted by Crippen LogP contribution is 2.29. The van der Waals surface area contributed by atoms with Crippen LogP contribution in [0.15, 0.2) is 23.2 Å². The first-order chi connectivity index (χ1) is 11.1. The van der Waals surface area contributed by atoms with E-state index in [-0.39, 0.29) is 11.5 Å². The minimum absolute atomic E-state index is 0.00690. The molecule has 2 N–H and O–H groups in total. The van der Waals surface area contributed by atoms with Crippen molar-refractivity contribution in [1.82, 2.24) is 10.6 Å². The summed E-state index contributed by atoms with van der Waals surface area (Å²) < 4.78 is 39.3. The summed E-state index contributed by atoms with van der Waals surface area (Å²) in [6, 6.07) is 4.82. The second-order valence-corrected chi connectivity index (χ2v) is 4.48. The number of methoxy groups -OCH3 is 2. The molecule has 0 bridgehead atoms. The highest BCUT2D eigenvalue weighted by Gasteiger charge is 2.11. The fraction of sp³-hybridized carbons (Fsp3) is 0.533. The molecule has 8 heteroatoms. The van der Waals surface area contributed by atoms with E-state index in [1.54, 1.807) is 19.2 Å². The Labute approximate surface area is 134 Å². The number of halogens is 2. The van der Waals surface area contributed by atoms with Gasteiger partial charge in [0.15, 0.2) is 17.5 Å². The van der Waals surface area contributed by atoms with E-state index in [1.807, 2.05) is 6.92 Å². The average molecular weight is 331 g/mol. The van der Waals surface area contributed by atoms with Gasteiger partial charge < -0.3 is 24.8 Å². The van der Waals surface area contributed by atoms with E-state index in [4.69, 9.17) is 9.47 Å². The Bertz CT molecular complexity index is 499. The Morgan fingerprint density at radius 1 is 1.22 bits per heavy atom. The third-order valence-corrected chi connectivity index (χ3v) is 2.81. The van der Waals surface area contributed by atoms with Crippen LogP contribution in [0, 0.1) is 0 Å². The summed E-state index contributed by atoms with van der Waals surface area (Å²) in [6.07, 6.45) is 0. The van der Waals surface area contributed by atoms with Crippen LogP contribution < -0.4 is 20.1 Å². The molecule has 23 heavy (non-hydrogen) atoms. The lowest BCUT2D eigenvalue weighted by molar-refractivity contribution is -0.0512. The van der Waals surface area contributed by atoms with Crippen LogP contribution >= 0.6 is 0 Å². The first-order valence-corrected chi connectivity index (χ1v) is 7.23. The number of benzene rings is 1. The highest BCUT2D eigenvalue weighted by atomic mass is 19.3. The molecule has 0 aromatic heterocycles. The van der Waals surface area contributed by atoms with E-state index in [0.29, 0.717) is 32.2 Å². The van der Waals surface area contributed by atoms with Gasteiger partial charge in [-0.1, -0.05) is 6.07 Å². The van der Waals surface area contributed by atoms with Gasteiger partial charge in [0, 0.05) is 20.2 Å². The van der Waals surface area contributed by atoms with Gasteiger partial charge in [-0.3, -0.25) is 0 Å². The molecule has 0 spiro atoms. The van der Waals surface area contributed by atoms with Crippen molar-refractivity contribution in [3.63, 3.8) is 0 Å². The van der Waals surface area contributed by atoms with Crippen molar-refractivity contribution in [3.05, 3.63) is 23.8 Å². The molecule has 0 aliphatic rings. The van der Waals surface area contributed by atoms with Crippen molar-refractivity contribution >= 4 is 5.96 Å². The van der Waals surface area contributed by atoms with E-state index >= 15 is 0 Å². The predicted molar refractivity (Wildman–Crippen MR) is 84.3 cm³/mol. The predicted octanol–water partition coefficient (Wildman–Crippen LogP) is 2.00. The first kappa shape index (κ1) is 19.0. The average Bonchev–Trinajstić information content (AvgIpc) is 2.52. The summed E-state index contributed by atoms with van der Waals surface area (Å²) >= 11 is 0. The Kier molecular flexibility index (Phi) is 8.74. The van der Waals surface area contributed by atoms with Crippen molar-refractivity contribution in [2.75, 3.05) is 33.9 Å². The lowest BCUT2D eigenvalue weighted by atomic mass is 10.2. The van der Waals surface area contributed by atoms with Crippen molar-refractivity contribution in [2.24, 2.45) is 4.99 Å². The zero-order valence-corrected chi connectivity index (χ0v) is 13.6. The van der Waals surface area contributed by atoms with Crippen LogP contribution in [0.4, 0.5) is 8.78 Å². The third-order valence-electron chi connectivity index (χ3n) is 2.81.